The quantitative estimate of drug-likeness (QED) is 0.729. The second kappa shape index (κ2) is 4.68. The first-order chi connectivity index (χ1) is 8.43. The standard InChI is InChI=1S/C12H19N3O3/c1-12(2)9(16)13-11(18)15(10(12)17)8-7-14-5-3-4-6-14/h3-8H2,1-2H3,(H,13,16,18). The monoisotopic (exact) mass is 253 g/mol. The Kier molecular flexibility index (Phi) is 3.38. The Morgan fingerprint density at radius 2 is 1.72 bits per heavy atom. The highest BCUT2D eigenvalue weighted by Gasteiger charge is 2.46. The zero-order valence-electron chi connectivity index (χ0n) is 10.9. The smallest absolute Gasteiger partial charge is 0.302 e. The SMILES string of the molecule is CC1(C)C(=O)NC(=O)N(CCN2CCCC2)C1=O. The minimum absolute atomic E-state index is 0.349. The molecular formula is C12H19N3O3. The van der Waals surface area contributed by atoms with Gasteiger partial charge in [-0.2, -0.15) is 0 Å². The van der Waals surface area contributed by atoms with E-state index in [0.29, 0.717) is 13.1 Å². The van der Waals surface area contributed by atoms with Crippen LogP contribution in [0.2, 0.25) is 0 Å². The third kappa shape index (κ3) is 2.25. The normalized spacial score (nSPS) is 24.6. The van der Waals surface area contributed by atoms with Gasteiger partial charge in [0.15, 0.2) is 0 Å². The van der Waals surface area contributed by atoms with Crippen LogP contribution in [0, 0.1) is 5.41 Å². The summed E-state index contributed by atoms with van der Waals surface area (Å²) in [7, 11) is 0. The summed E-state index contributed by atoms with van der Waals surface area (Å²) in [6.45, 7) is 6.16. The lowest BCUT2D eigenvalue weighted by Gasteiger charge is -2.35. The molecule has 4 amide bonds. The number of barbiturate groups is 1. The third-order valence-electron chi connectivity index (χ3n) is 3.65. The van der Waals surface area contributed by atoms with Gasteiger partial charge >= 0.3 is 6.03 Å². The molecule has 0 unspecified atom stereocenters. The summed E-state index contributed by atoms with van der Waals surface area (Å²) in [5.41, 5.74) is -1.15. The summed E-state index contributed by atoms with van der Waals surface area (Å²) >= 11 is 0. The van der Waals surface area contributed by atoms with Crippen molar-refractivity contribution in [2.75, 3.05) is 26.2 Å². The second-order valence-electron chi connectivity index (χ2n) is 5.39. The van der Waals surface area contributed by atoms with E-state index in [1.165, 1.54) is 12.8 Å². The van der Waals surface area contributed by atoms with Crippen LogP contribution in [-0.4, -0.2) is 53.8 Å². The van der Waals surface area contributed by atoms with Crippen LogP contribution in [0.3, 0.4) is 0 Å². The molecule has 0 atom stereocenters. The summed E-state index contributed by atoms with van der Waals surface area (Å²) in [4.78, 5) is 38.7. The fourth-order valence-electron chi connectivity index (χ4n) is 2.30. The Morgan fingerprint density at radius 1 is 1.11 bits per heavy atom. The van der Waals surface area contributed by atoms with Crippen molar-refractivity contribution >= 4 is 17.8 Å². The Bertz CT molecular complexity index is 386. The summed E-state index contributed by atoms with van der Waals surface area (Å²) in [6, 6.07) is -0.594. The van der Waals surface area contributed by atoms with Crippen LogP contribution in [0.5, 0.6) is 0 Å². The fraction of sp³-hybridized carbons (Fsp3) is 0.750. The van der Waals surface area contributed by atoms with Crippen LogP contribution >= 0.6 is 0 Å². The Hall–Kier alpha value is -1.43. The highest BCUT2D eigenvalue weighted by molar-refractivity contribution is 6.18. The Balaban J connectivity index is 2.00. The van der Waals surface area contributed by atoms with E-state index in [0.717, 1.165) is 18.0 Å². The molecule has 0 aliphatic carbocycles. The molecule has 0 aromatic heterocycles. The average molecular weight is 253 g/mol. The van der Waals surface area contributed by atoms with Gasteiger partial charge < -0.3 is 4.90 Å². The van der Waals surface area contributed by atoms with Crippen molar-refractivity contribution in [1.29, 1.82) is 0 Å². The van der Waals surface area contributed by atoms with Gasteiger partial charge in [-0.3, -0.25) is 19.8 Å². The lowest BCUT2D eigenvalue weighted by Crippen LogP contribution is -2.62. The zero-order chi connectivity index (χ0) is 13.3. The first kappa shape index (κ1) is 13.0. The van der Waals surface area contributed by atoms with E-state index in [1.54, 1.807) is 13.8 Å². The van der Waals surface area contributed by atoms with E-state index in [2.05, 4.69) is 10.2 Å². The summed E-state index contributed by atoms with van der Waals surface area (Å²) < 4.78 is 0. The van der Waals surface area contributed by atoms with E-state index in [9.17, 15) is 14.4 Å². The van der Waals surface area contributed by atoms with E-state index < -0.39 is 23.3 Å². The molecule has 0 bridgehead atoms. The Morgan fingerprint density at radius 3 is 2.33 bits per heavy atom. The number of nitrogens with one attached hydrogen (secondary N) is 1. The van der Waals surface area contributed by atoms with Gasteiger partial charge in [-0.15, -0.1) is 0 Å². The molecule has 2 saturated heterocycles. The van der Waals surface area contributed by atoms with Crippen LogP contribution in [0.25, 0.3) is 0 Å². The molecule has 0 aromatic rings. The number of hydrogen-bond donors (Lipinski definition) is 1. The van der Waals surface area contributed by atoms with Gasteiger partial charge in [0, 0.05) is 13.1 Å². The average Bonchev–Trinajstić information content (AvgIpc) is 2.80. The van der Waals surface area contributed by atoms with Crippen molar-refractivity contribution in [3.63, 3.8) is 0 Å². The number of rotatable bonds is 3. The van der Waals surface area contributed by atoms with Gasteiger partial charge in [-0.05, 0) is 39.8 Å². The molecule has 6 nitrogen and oxygen atoms in total. The van der Waals surface area contributed by atoms with Gasteiger partial charge in [0.2, 0.25) is 11.8 Å². The summed E-state index contributed by atoms with van der Waals surface area (Å²) in [6.07, 6.45) is 2.34. The molecule has 2 fully saturated rings. The van der Waals surface area contributed by atoms with E-state index in [-0.39, 0.29) is 0 Å². The van der Waals surface area contributed by atoms with E-state index in [1.807, 2.05) is 0 Å². The number of likely N-dealkylation sites (tertiary alicyclic amines) is 1. The third-order valence-corrected chi connectivity index (χ3v) is 3.65. The first-order valence-electron chi connectivity index (χ1n) is 6.32. The Labute approximate surface area is 106 Å². The zero-order valence-corrected chi connectivity index (χ0v) is 10.9. The van der Waals surface area contributed by atoms with Crippen molar-refractivity contribution < 1.29 is 14.4 Å². The highest BCUT2D eigenvalue weighted by Crippen LogP contribution is 2.23. The number of imide groups is 2. The van der Waals surface area contributed by atoms with Crippen LogP contribution in [0.15, 0.2) is 0 Å². The predicted molar refractivity (Wildman–Crippen MR) is 64.7 cm³/mol. The van der Waals surface area contributed by atoms with Gasteiger partial charge in [0.1, 0.15) is 5.41 Å². The van der Waals surface area contributed by atoms with Crippen LogP contribution in [-0.2, 0) is 9.59 Å². The largest absolute Gasteiger partial charge is 0.330 e. The molecule has 2 rings (SSSR count). The second-order valence-corrected chi connectivity index (χ2v) is 5.39. The molecule has 2 aliphatic heterocycles. The van der Waals surface area contributed by atoms with Gasteiger partial charge in [-0.25, -0.2) is 4.79 Å². The topological polar surface area (TPSA) is 69.7 Å². The van der Waals surface area contributed by atoms with E-state index in [4.69, 9.17) is 0 Å². The van der Waals surface area contributed by atoms with Crippen LogP contribution in [0.1, 0.15) is 26.7 Å². The summed E-state index contributed by atoms with van der Waals surface area (Å²) in [5, 5.41) is 2.23. The minimum Gasteiger partial charge on any atom is -0.302 e. The molecule has 100 valence electrons. The molecular weight excluding hydrogens is 234 g/mol. The molecule has 2 heterocycles. The number of carbonyl (C=O) groups excluding carboxylic acids is 3. The molecule has 6 heteroatoms. The molecule has 18 heavy (non-hydrogen) atoms. The van der Waals surface area contributed by atoms with Crippen molar-refractivity contribution in [2.24, 2.45) is 5.41 Å². The van der Waals surface area contributed by atoms with Crippen molar-refractivity contribution in [3.05, 3.63) is 0 Å². The van der Waals surface area contributed by atoms with E-state index >= 15 is 0 Å². The molecule has 0 saturated carbocycles. The van der Waals surface area contributed by atoms with Crippen molar-refractivity contribution in [2.45, 2.75) is 26.7 Å². The maximum absolute atomic E-state index is 12.1. The van der Waals surface area contributed by atoms with Crippen molar-refractivity contribution in [1.82, 2.24) is 15.1 Å². The number of nitrogens with zero attached hydrogens (tertiary/aromatic N) is 2. The highest BCUT2D eigenvalue weighted by atomic mass is 16.2. The number of amides is 4. The van der Waals surface area contributed by atoms with Gasteiger partial charge in [-0.1, -0.05) is 0 Å². The maximum Gasteiger partial charge on any atom is 0.330 e. The van der Waals surface area contributed by atoms with Crippen LogP contribution < -0.4 is 5.32 Å². The predicted octanol–water partition coefficient (Wildman–Crippen LogP) is 0.187. The molecule has 2 aliphatic rings. The van der Waals surface area contributed by atoms with Crippen molar-refractivity contribution in [3.8, 4) is 0 Å². The van der Waals surface area contributed by atoms with Crippen LogP contribution in [0.4, 0.5) is 4.79 Å². The van der Waals surface area contributed by atoms with Gasteiger partial charge in [0.25, 0.3) is 0 Å². The lowest BCUT2D eigenvalue weighted by atomic mass is 9.89. The summed E-state index contributed by atoms with van der Waals surface area (Å²) in [5.74, 6) is -0.926. The minimum atomic E-state index is -1.15. The molecule has 0 radical (unpaired) electrons. The molecule has 0 spiro atoms. The first-order valence-corrected chi connectivity index (χ1v) is 6.32. The maximum atomic E-state index is 12.1. The number of urea groups is 1. The van der Waals surface area contributed by atoms with Gasteiger partial charge in [0.05, 0.1) is 0 Å². The number of hydrogen-bond acceptors (Lipinski definition) is 4. The number of carbonyl (C=O) groups is 3. The lowest BCUT2D eigenvalue weighted by molar-refractivity contribution is -0.149. The fourth-order valence-corrected chi connectivity index (χ4v) is 2.30. The molecule has 1 N–H and O–H groups in total. The molecule has 0 aromatic carbocycles.